The minimum atomic E-state index is -4.59. The van der Waals surface area contributed by atoms with Crippen molar-refractivity contribution in [3.05, 3.63) is 52.8 Å². The van der Waals surface area contributed by atoms with E-state index < -0.39 is 11.9 Å². The van der Waals surface area contributed by atoms with Gasteiger partial charge in [0.1, 0.15) is 11.6 Å². The minimum absolute atomic E-state index is 0.0195. The van der Waals surface area contributed by atoms with Crippen molar-refractivity contribution in [3.8, 4) is 11.4 Å². The molecule has 0 aliphatic rings. The predicted molar refractivity (Wildman–Crippen MR) is 79.4 cm³/mol. The molecule has 3 aromatic heterocycles. The third-order valence-electron chi connectivity index (χ3n) is 2.93. The van der Waals surface area contributed by atoms with Crippen molar-refractivity contribution in [2.24, 2.45) is 0 Å². The molecule has 0 spiro atoms. The summed E-state index contributed by atoms with van der Waals surface area (Å²) in [5.41, 5.74) is -0.759. The monoisotopic (exact) mass is 374 g/mol. The number of aromatic nitrogens is 6. The zero-order valence-electron chi connectivity index (χ0n) is 11.7. The van der Waals surface area contributed by atoms with Crippen LogP contribution in [0, 0.1) is 0 Å². The fourth-order valence-corrected chi connectivity index (χ4v) is 2.10. The number of hydrogen-bond acceptors (Lipinski definition) is 5. The number of alkyl halides is 3. The second kappa shape index (κ2) is 6.33. The van der Waals surface area contributed by atoms with Gasteiger partial charge in [-0.05, 0) is 11.6 Å². The highest BCUT2D eigenvalue weighted by Crippen LogP contribution is 2.31. The Kier molecular flexibility index (Phi) is 4.37. The van der Waals surface area contributed by atoms with Crippen molar-refractivity contribution in [1.82, 2.24) is 29.5 Å². The number of rotatable bonds is 3. The summed E-state index contributed by atoms with van der Waals surface area (Å²) in [6.07, 6.45) is 1.58. The molecule has 24 heavy (non-hydrogen) atoms. The highest BCUT2D eigenvalue weighted by Gasteiger charge is 2.35. The van der Waals surface area contributed by atoms with E-state index in [0.717, 1.165) is 6.20 Å². The van der Waals surface area contributed by atoms with Crippen LogP contribution < -0.4 is 0 Å². The molecule has 0 saturated carbocycles. The van der Waals surface area contributed by atoms with E-state index >= 15 is 0 Å². The zero-order chi connectivity index (χ0) is 17.3. The Labute approximate surface area is 143 Å². The normalized spacial score (nSPS) is 11.7. The van der Waals surface area contributed by atoms with E-state index in [1.807, 2.05) is 0 Å². The summed E-state index contributed by atoms with van der Waals surface area (Å²) in [4.78, 5) is 19.1. The lowest BCUT2D eigenvalue weighted by atomic mass is 10.3. The molecule has 0 N–H and O–H groups in total. The van der Waals surface area contributed by atoms with Crippen LogP contribution in [0.15, 0.2) is 31.0 Å². The van der Waals surface area contributed by atoms with Gasteiger partial charge in [-0.15, -0.1) is 0 Å². The van der Waals surface area contributed by atoms with Crippen LogP contribution in [0.2, 0.25) is 10.3 Å². The molecule has 0 aromatic carbocycles. The van der Waals surface area contributed by atoms with Gasteiger partial charge in [0.25, 0.3) is 0 Å². The van der Waals surface area contributed by atoms with Crippen LogP contribution in [0.25, 0.3) is 11.4 Å². The molecule has 0 aliphatic carbocycles. The van der Waals surface area contributed by atoms with Crippen molar-refractivity contribution in [3.63, 3.8) is 0 Å². The summed E-state index contributed by atoms with van der Waals surface area (Å²) in [5.74, 6) is 0.305. The largest absolute Gasteiger partial charge is 0.434 e. The van der Waals surface area contributed by atoms with Gasteiger partial charge in [0, 0.05) is 31.0 Å². The molecule has 0 saturated heterocycles. The Morgan fingerprint density at radius 2 is 1.58 bits per heavy atom. The first-order valence-corrected chi connectivity index (χ1v) is 7.17. The Bertz CT molecular complexity index is 846. The van der Waals surface area contributed by atoms with Crippen LogP contribution in [0.3, 0.4) is 0 Å². The van der Waals surface area contributed by atoms with Crippen molar-refractivity contribution in [2.45, 2.75) is 12.7 Å². The maximum Gasteiger partial charge on any atom is 0.434 e. The first-order valence-electron chi connectivity index (χ1n) is 6.41. The van der Waals surface area contributed by atoms with E-state index in [4.69, 9.17) is 23.2 Å². The SMILES string of the molecule is FC(F)(F)c1cn(Cc2ncc(Cl)cn2)c(-c2cnc(Cl)nc2)n1. The Hall–Kier alpha value is -2.26. The lowest BCUT2D eigenvalue weighted by Gasteiger charge is -2.06. The summed E-state index contributed by atoms with van der Waals surface area (Å²) in [5, 5.41) is 0.306. The fraction of sp³-hybridized carbons (Fsp3) is 0.154. The zero-order valence-corrected chi connectivity index (χ0v) is 13.2. The number of imidazole rings is 1. The minimum Gasteiger partial charge on any atom is -0.323 e. The number of nitrogens with zero attached hydrogens (tertiary/aromatic N) is 6. The second-order valence-corrected chi connectivity index (χ2v) is 5.41. The molecule has 3 rings (SSSR count). The van der Waals surface area contributed by atoms with Gasteiger partial charge >= 0.3 is 6.18 Å². The highest BCUT2D eigenvalue weighted by atomic mass is 35.5. The number of hydrogen-bond donors (Lipinski definition) is 0. The average molecular weight is 375 g/mol. The van der Waals surface area contributed by atoms with Crippen LogP contribution in [0.4, 0.5) is 13.2 Å². The van der Waals surface area contributed by atoms with E-state index in [9.17, 15) is 13.2 Å². The topological polar surface area (TPSA) is 69.4 Å². The molecule has 3 aromatic rings. The first-order chi connectivity index (χ1) is 11.3. The molecule has 0 atom stereocenters. The van der Waals surface area contributed by atoms with Gasteiger partial charge in [-0.1, -0.05) is 11.6 Å². The summed E-state index contributed by atoms with van der Waals surface area (Å²) in [7, 11) is 0. The molecule has 124 valence electrons. The molecule has 3 heterocycles. The summed E-state index contributed by atoms with van der Waals surface area (Å²) in [6, 6.07) is 0. The molecule has 0 radical (unpaired) electrons. The van der Waals surface area contributed by atoms with Crippen LogP contribution in [0.1, 0.15) is 11.5 Å². The predicted octanol–water partition coefficient (Wildman–Crippen LogP) is 3.50. The first kappa shape index (κ1) is 16.6. The molecule has 6 nitrogen and oxygen atoms in total. The van der Waals surface area contributed by atoms with Crippen molar-refractivity contribution in [2.75, 3.05) is 0 Å². The van der Waals surface area contributed by atoms with E-state index in [1.54, 1.807) is 0 Å². The summed E-state index contributed by atoms with van der Waals surface area (Å²) < 4.78 is 40.2. The molecular weight excluding hydrogens is 368 g/mol. The summed E-state index contributed by atoms with van der Waals surface area (Å²) in [6.45, 7) is -0.0296. The van der Waals surface area contributed by atoms with E-state index in [2.05, 4.69) is 24.9 Å². The molecule has 0 amide bonds. The lowest BCUT2D eigenvalue weighted by molar-refractivity contribution is -0.140. The van der Waals surface area contributed by atoms with Gasteiger partial charge in [-0.3, -0.25) is 0 Å². The second-order valence-electron chi connectivity index (χ2n) is 4.63. The van der Waals surface area contributed by atoms with Crippen LogP contribution >= 0.6 is 23.2 Å². The molecular formula is C13H7Cl2F3N6. The number of halogens is 5. The van der Waals surface area contributed by atoms with Gasteiger partial charge in [-0.25, -0.2) is 24.9 Å². The molecule has 0 fully saturated rings. The quantitative estimate of drug-likeness (QED) is 0.656. The van der Waals surface area contributed by atoms with Crippen molar-refractivity contribution < 1.29 is 13.2 Å². The van der Waals surface area contributed by atoms with Crippen molar-refractivity contribution >= 4 is 23.2 Å². The maximum atomic E-state index is 13.0. The standard InChI is InChI=1S/C13H7Cl2F3N6/c14-8-3-19-10(20-4-8)6-24-5-9(13(16,17)18)23-11(24)7-1-21-12(15)22-2-7/h1-5H,6H2. The van der Waals surface area contributed by atoms with Gasteiger partial charge in [-0.2, -0.15) is 13.2 Å². The Morgan fingerprint density at radius 1 is 0.958 bits per heavy atom. The maximum absolute atomic E-state index is 13.0. The Morgan fingerprint density at radius 3 is 2.17 bits per heavy atom. The molecule has 0 unspecified atom stereocenters. The van der Waals surface area contributed by atoms with Crippen molar-refractivity contribution in [1.29, 1.82) is 0 Å². The van der Waals surface area contributed by atoms with Crippen LogP contribution in [0.5, 0.6) is 0 Å². The van der Waals surface area contributed by atoms with E-state index in [-0.39, 0.29) is 29.0 Å². The van der Waals surface area contributed by atoms with E-state index in [0.29, 0.717) is 5.02 Å². The van der Waals surface area contributed by atoms with Gasteiger partial charge < -0.3 is 4.57 Å². The lowest BCUT2D eigenvalue weighted by Crippen LogP contribution is -2.06. The fourth-order valence-electron chi connectivity index (χ4n) is 1.90. The van der Waals surface area contributed by atoms with Crippen LogP contribution in [-0.2, 0) is 12.7 Å². The highest BCUT2D eigenvalue weighted by molar-refractivity contribution is 6.30. The van der Waals surface area contributed by atoms with E-state index in [1.165, 1.54) is 29.4 Å². The average Bonchev–Trinajstić information content (AvgIpc) is 2.94. The molecule has 0 bridgehead atoms. The molecule has 0 aliphatic heterocycles. The Balaban J connectivity index is 2.04. The van der Waals surface area contributed by atoms with Gasteiger partial charge in [0.2, 0.25) is 5.28 Å². The smallest absolute Gasteiger partial charge is 0.323 e. The molecule has 11 heteroatoms. The van der Waals surface area contributed by atoms with Gasteiger partial charge in [0.15, 0.2) is 5.69 Å². The third-order valence-corrected chi connectivity index (χ3v) is 3.32. The third kappa shape index (κ3) is 3.62. The summed E-state index contributed by atoms with van der Waals surface area (Å²) >= 11 is 11.3. The van der Waals surface area contributed by atoms with Crippen LogP contribution in [-0.4, -0.2) is 29.5 Å². The van der Waals surface area contributed by atoms with Gasteiger partial charge in [0.05, 0.1) is 17.1 Å².